The van der Waals surface area contributed by atoms with Crippen LogP contribution < -0.4 is 0 Å². The Bertz CT molecular complexity index is 1310. The lowest BCUT2D eigenvalue weighted by Crippen LogP contribution is -2.22. The first kappa shape index (κ1) is 28.0. The Morgan fingerprint density at radius 2 is 1.16 bits per heavy atom. The second kappa shape index (κ2) is 11.7. The molecule has 0 bridgehead atoms. The average Bonchev–Trinajstić information content (AvgIpc) is 2.81. The summed E-state index contributed by atoms with van der Waals surface area (Å²) in [5.74, 6) is -0.854. The SMILES string of the molecule is Cc1cc(C)c(C(=O)P(=O)(CC(=O)OCC=Cc2ccccc2)C(=O)c2c(C)cc(C)cc2C)c(C)c1. The smallest absolute Gasteiger partial charge is 0.314 e. The zero-order valence-corrected chi connectivity index (χ0v) is 23.1. The summed E-state index contributed by atoms with van der Waals surface area (Å²) in [6, 6.07) is 16.7. The first-order chi connectivity index (χ1) is 17.4. The quantitative estimate of drug-likeness (QED) is 0.223. The van der Waals surface area contributed by atoms with Gasteiger partial charge in [0.2, 0.25) is 18.2 Å². The molecule has 0 fully saturated rings. The molecule has 3 aromatic rings. The van der Waals surface area contributed by atoms with Gasteiger partial charge in [-0.1, -0.05) is 71.8 Å². The van der Waals surface area contributed by atoms with E-state index < -0.39 is 30.3 Å². The van der Waals surface area contributed by atoms with E-state index in [9.17, 15) is 18.9 Å². The van der Waals surface area contributed by atoms with Gasteiger partial charge in [0.1, 0.15) is 12.8 Å². The molecule has 6 heteroatoms. The standard InChI is InChI=1S/C31H33O5P/c1-20-15-22(3)28(23(4)16-20)30(33)37(35,31(34)29-24(5)17-21(2)18-25(29)6)19-27(32)36-14-10-13-26-11-8-7-9-12-26/h7-13,15-18H,14,19H2,1-6H3. The van der Waals surface area contributed by atoms with Gasteiger partial charge in [-0.2, -0.15) is 0 Å². The van der Waals surface area contributed by atoms with Crippen LogP contribution in [0.15, 0.2) is 60.7 Å². The second-order valence-electron chi connectivity index (χ2n) is 9.55. The normalized spacial score (nSPS) is 11.5. The molecule has 0 saturated carbocycles. The van der Waals surface area contributed by atoms with Gasteiger partial charge >= 0.3 is 5.97 Å². The first-order valence-corrected chi connectivity index (χ1v) is 14.0. The molecule has 0 heterocycles. The second-order valence-corrected chi connectivity index (χ2v) is 12.2. The summed E-state index contributed by atoms with van der Waals surface area (Å²) in [6.45, 7) is 10.7. The molecule has 0 aliphatic carbocycles. The van der Waals surface area contributed by atoms with Crippen LogP contribution in [0.5, 0.6) is 0 Å². The molecule has 0 aliphatic rings. The molecule has 0 N–H and O–H groups in total. The summed E-state index contributed by atoms with van der Waals surface area (Å²) < 4.78 is 19.7. The van der Waals surface area contributed by atoms with E-state index in [1.807, 2.05) is 68.4 Å². The lowest BCUT2D eigenvalue weighted by molar-refractivity contribution is -0.139. The zero-order valence-electron chi connectivity index (χ0n) is 22.3. The summed E-state index contributed by atoms with van der Waals surface area (Å²) in [7, 11) is -4.42. The number of hydrogen-bond acceptors (Lipinski definition) is 5. The van der Waals surface area contributed by atoms with Gasteiger partial charge in [0.25, 0.3) is 0 Å². The summed E-state index contributed by atoms with van der Waals surface area (Å²) in [6.07, 6.45) is 2.66. The Morgan fingerprint density at radius 3 is 1.59 bits per heavy atom. The third-order valence-corrected chi connectivity index (χ3v) is 8.70. The van der Waals surface area contributed by atoms with E-state index in [4.69, 9.17) is 4.74 Å². The maximum atomic E-state index is 14.4. The number of benzene rings is 3. The molecule has 0 saturated heterocycles. The molecule has 3 rings (SSSR count). The van der Waals surface area contributed by atoms with E-state index in [-0.39, 0.29) is 17.7 Å². The Hall–Kier alpha value is -3.56. The average molecular weight is 517 g/mol. The van der Waals surface area contributed by atoms with Crippen LogP contribution in [0.4, 0.5) is 0 Å². The third-order valence-electron chi connectivity index (χ3n) is 6.24. The molecule has 0 amide bonds. The van der Waals surface area contributed by atoms with Crippen molar-refractivity contribution >= 4 is 30.2 Å². The molecular weight excluding hydrogens is 483 g/mol. The lowest BCUT2D eigenvalue weighted by Gasteiger charge is -2.20. The summed E-state index contributed by atoms with van der Waals surface area (Å²) in [4.78, 5) is 40.6. The Morgan fingerprint density at radius 1 is 0.730 bits per heavy atom. The van der Waals surface area contributed by atoms with E-state index in [1.165, 1.54) is 0 Å². The molecule has 3 aromatic carbocycles. The van der Waals surface area contributed by atoms with Crippen LogP contribution in [0.3, 0.4) is 0 Å². The zero-order chi connectivity index (χ0) is 27.3. The molecule has 0 unspecified atom stereocenters. The van der Waals surface area contributed by atoms with Crippen molar-refractivity contribution in [1.82, 2.24) is 0 Å². The van der Waals surface area contributed by atoms with Crippen LogP contribution >= 0.6 is 7.14 Å². The molecule has 0 spiro atoms. The van der Waals surface area contributed by atoms with Crippen LogP contribution in [0.25, 0.3) is 6.08 Å². The van der Waals surface area contributed by atoms with Gasteiger partial charge in [0, 0.05) is 11.1 Å². The van der Waals surface area contributed by atoms with Crippen molar-refractivity contribution in [2.75, 3.05) is 12.8 Å². The van der Waals surface area contributed by atoms with Crippen molar-refractivity contribution in [3.63, 3.8) is 0 Å². The highest BCUT2D eigenvalue weighted by Crippen LogP contribution is 2.53. The number of esters is 1. The van der Waals surface area contributed by atoms with Gasteiger partial charge in [-0.15, -0.1) is 0 Å². The van der Waals surface area contributed by atoms with Crippen molar-refractivity contribution in [2.45, 2.75) is 41.5 Å². The Kier molecular flexibility index (Phi) is 8.83. The highest BCUT2D eigenvalue weighted by atomic mass is 31.2. The first-order valence-electron chi connectivity index (χ1n) is 12.2. The Labute approximate surface area is 218 Å². The lowest BCUT2D eigenvalue weighted by atomic mass is 10.0. The van der Waals surface area contributed by atoms with Crippen molar-refractivity contribution in [1.29, 1.82) is 0 Å². The number of aryl methyl sites for hydroxylation is 6. The van der Waals surface area contributed by atoms with Gasteiger partial charge in [-0.3, -0.25) is 14.4 Å². The number of hydrogen-bond donors (Lipinski definition) is 0. The summed E-state index contributed by atoms with van der Waals surface area (Å²) in [5.41, 5.74) is 4.14. The van der Waals surface area contributed by atoms with Crippen LogP contribution in [-0.2, 0) is 14.1 Å². The van der Waals surface area contributed by atoms with Crippen LogP contribution in [0.2, 0.25) is 0 Å². The predicted molar refractivity (Wildman–Crippen MR) is 149 cm³/mol. The minimum absolute atomic E-state index is 0.0682. The van der Waals surface area contributed by atoms with Crippen molar-refractivity contribution in [3.05, 3.63) is 111 Å². The molecule has 0 aliphatic heterocycles. The van der Waals surface area contributed by atoms with E-state index in [0.717, 1.165) is 16.7 Å². The van der Waals surface area contributed by atoms with E-state index in [2.05, 4.69) is 0 Å². The maximum absolute atomic E-state index is 14.4. The molecule has 5 nitrogen and oxygen atoms in total. The molecule has 0 atom stereocenters. The predicted octanol–water partition coefficient (Wildman–Crippen LogP) is 7.14. The monoisotopic (exact) mass is 516 g/mol. The van der Waals surface area contributed by atoms with E-state index in [0.29, 0.717) is 22.3 Å². The van der Waals surface area contributed by atoms with Gasteiger partial charge in [-0.05, 0) is 75.4 Å². The van der Waals surface area contributed by atoms with Gasteiger partial charge in [0.15, 0.2) is 0 Å². The molecule has 192 valence electrons. The maximum Gasteiger partial charge on any atom is 0.314 e. The largest absolute Gasteiger partial charge is 0.461 e. The highest BCUT2D eigenvalue weighted by Gasteiger charge is 2.45. The van der Waals surface area contributed by atoms with Gasteiger partial charge in [-0.25, -0.2) is 0 Å². The topological polar surface area (TPSA) is 77.5 Å². The van der Waals surface area contributed by atoms with Crippen molar-refractivity contribution < 1.29 is 23.7 Å². The summed E-state index contributed by atoms with van der Waals surface area (Å²) >= 11 is 0. The highest BCUT2D eigenvalue weighted by molar-refractivity contribution is 7.96. The molecule has 0 aromatic heterocycles. The van der Waals surface area contributed by atoms with Crippen LogP contribution in [0, 0.1) is 41.5 Å². The molecule has 37 heavy (non-hydrogen) atoms. The number of carbonyl (C=O) groups excluding carboxylic acids is 3. The van der Waals surface area contributed by atoms with Crippen molar-refractivity contribution in [3.8, 4) is 0 Å². The van der Waals surface area contributed by atoms with Gasteiger partial charge in [0.05, 0.1) is 0 Å². The molecular formula is C31H33O5P. The fourth-order valence-electron chi connectivity index (χ4n) is 4.75. The third kappa shape index (κ3) is 6.42. The van der Waals surface area contributed by atoms with E-state index in [1.54, 1.807) is 39.8 Å². The fraction of sp³-hybridized carbons (Fsp3) is 0.258. The van der Waals surface area contributed by atoms with Crippen LogP contribution in [0.1, 0.15) is 59.7 Å². The minimum atomic E-state index is -4.42. The fourth-order valence-corrected chi connectivity index (χ4v) is 7.10. The number of ether oxygens (including phenoxy) is 1. The van der Waals surface area contributed by atoms with Crippen LogP contribution in [-0.4, -0.2) is 29.8 Å². The Balaban J connectivity index is 1.97. The van der Waals surface area contributed by atoms with Gasteiger partial charge < -0.3 is 9.30 Å². The van der Waals surface area contributed by atoms with Crippen molar-refractivity contribution in [2.24, 2.45) is 0 Å². The molecule has 0 radical (unpaired) electrons. The number of carbonyl (C=O) groups is 3. The summed E-state index contributed by atoms with van der Waals surface area (Å²) in [5, 5.41) is 0. The minimum Gasteiger partial charge on any atom is -0.461 e. The van der Waals surface area contributed by atoms with E-state index >= 15 is 0 Å². The number of rotatable bonds is 9.